The number of carbonyl (C=O) groups is 1. The van der Waals surface area contributed by atoms with Gasteiger partial charge in [0.05, 0.1) is 18.9 Å². The van der Waals surface area contributed by atoms with Gasteiger partial charge in [0.2, 0.25) is 11.6 Å². The van der Waals surface area contributed by atoms with Gasteiger partial charge in [-0.3, -0.25) is 0 Å². The second kappa shape index (κ2) is 7.22. The van der Waals surface area contributed by atoms with E-state index in [2.05, 4.69) is 20.2 Å². The van der Waals surface area contributed by atoms with Crippen molar-refractivity contribution in [2.75, 3.05) is 12.5 Å². The molecule has 1 aromatic carbocycles. The van der Waals surface area contributed by atoms with Gasteiger partial charge < -0.3 is 9.15 Å². The van der Waals surface area contributed by atoms with Crippen LogP contribution in [0.4, 0.5) is 5.88 Å². The molecular weight excluding hydrogens is 296 g/mol. The van der Waals surface area contributed by atoms with Crippen molar-refractivity contribution in [3.63, 3.8) is 0 Å². The lowest BCUT2D eigenvalue weighted by Crippen LogP contribution is -2.00. The quantitative estimate of drug-likeness (QED) is 0.517. The number of rotatable bonds is 5. The molecule has 0 aliphatic heterocycles. The predicted octanol–water partition coefficient (Wildman–Crippen LogP) is 2.90. The first-order valence-corrected chi connectivity index (χ1v) is 6.93. The summed E-state index contributed by atoms with van der Waals surface area (Å²) in [6.45, 7) is 3.84. The Balaban J connectivity index is 2.07. The second-order valence-corrected chi connectivity index (χ2v) is 4.98. The molecule has 1 N–H and O–H groups in total. The number of esters is 1. The highest BCUT2D eigenvalue weighted by Crippen LogP contribution is 2.21. The summed E-state index contributed by atoms with van der Waals surface area (Å²) in [7, 11) is 1.33. The maximum atomic E-state index is 11.3. The van der Waals surface area contributed by atoms with E-state index >= 15 is 0 Å². The maximum absolute atomic E-state index is 11.3. The summed E-state index contributed by atoms with van der Waals surface area (Å²) in [6, 6.07) is 8.68. The van der Waals surface area contributed by atoms with Crippen molar-refractivity contribution in [2.24, 2.45) is 5.10 Å². The van der Waals surface area contributed by atoms with Gasteiger partial charge in [-0.25, -0.2) is 15.2 Å². The fourth-order valence-corrected chi connectivity index (χ4v) is 1.72. The zero-order valence-electron chi connectivity index (χ0n) is 13.0. The number of hydrogen-bond donors (Lipinski definition) is 1. The van der Waals surface area contributed by atoms with Crippen LogP contribution in [0.15, 0.2) is 33.8 Å². The molecule has 0 spiro atoms. The van der Waals surface area contributed by atoms with E-state index in [0.717, 1.165) is 5.56 Å². The van der Waals surface area contributed by atoms with Gasteiger partial charge in [-0.15, -0.1) is 0 Å². The smallest absolute Gasteiger partial charge is 0.337 e. The van der Waals surface area contributed by atoms with E-state index in [9.17, 15) is 4.79 Å². The number of aromatic nitrogens is 1. The molecule has 0 aliphatic rings. The first kappa shape index (κ1) is 16.2. The summed E-state index contributed by atoms with van der Waals surface area (Å²) in [5, 5.41) is 13.0. The molecule has 1 aromatic heterocycles. The van der Waals surface area contributed by atoms with Gasteiger partial charge in [-0.05, 0) is 17.7 Å². The molecule has 0 saturated heterocycles. The van der Waals surface area contributed by atoms with Gasteiger partial charge in [0, 0.05) is 5.92 Å². The standard InChI is InChI=1S/C16H16N4O3/c1-10(2)14-19-13(8-17)15(23-14)20-18-9-11-4-6-12(7-5-11)16(21)22-3/h4-7,9-10,20H,1-3H3/b18-9+. The first-order chi connectivity index (χ1) is 11.0. The Morgan fingerprint density at radius 2 is 2.13 bits per heavy atom. The van der Waals surface area contributed by atoms with Crippen LogP contribution in [0.1, 0.15) is 47.3 Å². The molecule has 1 heterocycles. The van der Waals surface area contributed by atoms with Gasteiger partial charge in [-0.2, -0.15) is 10.4 Å². The van der Waals surface area contributed by atoms with E-state index in [0.29, 0.717) is 11.5 Å². The van der Waals surface area contributed by atoms with Crippen LogP contribution in [0.25, 0.3) is 0 Å². The molecular formula is C16H16N4O3. The van der Waals surface area contributed by atoms with E-state index in [4.69, 9.17) is 9.68 Å². The minimum Gasteiger partial charge on any atom is -0.465 e. The number of oxazole rings is 1. The largest absolute Gasteiger partial charge is 0.465 e. The average molecular weight is 312 g/mol. The predicted molar refractivity (Wildman–Crippen MR) is 84.3 cm³/mol. The third-order valence-electron chi connectivity index (χ3n) is 2.96. The zero-order chi connectivity index (χ0) is 16.8. The lowest BCUT2D eigenvalue weighted by atomic mass is 10.1. The molecule has 0 radical (unpaired) electrons. The fraction of sp³-hybridized carbons (Fsp3) is 0.250. The summed E-state index contributed by atoms with van der Waals surface area (Å²) in [4.78, 5) is 15.4. The number of hydrogen-bond acceptors (Lipinski definition) is 7. The minimum absolute atomic E-state index is 0.0764. The Kier molecular flexibility index (Phi) is 5.10. The number of methoxy groups -OCH3 is 1. The molecule has 23 heavy (non-hydrogen) atoms. The van der Waals surface area contributed by atoms with Crippen LogP contribution in [-0.2, 0) is 4.74 Å². The van der Waals surface area contributed by atoms with E-state index in [1.165, 1.54) is 7.11 Å². The van der Waals surface area contributed by atoms with Gasteiger partial charge in [0.15, 0.2) is 0 Å². The Morgan fingerprint density at radius 3 is 2.70 bits per heavy atom. The van der Waals surface area contributed by atoms with E-state index in [-0.39, 0.29) is 17.5 Å². The van der Waals surface area contributed by atoms with E-state index in [1.54, 1.807) is 30.5 Å². The highest BCUT2D eigenvalue weighted by atomic mass is 16.5. The summed E-state index contributed by atoms with van der Waals surface area (Å²) >= 11 is 0. The Hall–Kier alpha value is -3.14. The van der Waals surface area contributed by atoms with Crippen molar-refractivity contribution in [3.8, 4) is 6.07 Å². The molecule has 2 aromatic rings. The minimum atomic E-state index is -0.395. The molecule has 0 aliphatic carbocycles. The van der Waals surface area contributed by atoms with Crippen molar-refractivity contribution in [1.82, 2.24) is 4.98 Å². The molecule has 7 nitrogen and oxygen atoms in total. The number of carbonyl (C=O) groups excluding carboxylic acids is 1. The monoisotopic (exact) mass is 312 g/mol. The molecule has 0 atom stereocenters. The number of nitrogens with zero attached hydrogens (tertiary/aromatic N) is 3. The van der Waals surface area contributed by atoms with Crippen LogP contribution in [0.5, 0.6) is 0 Å². The van der Waals surface area contributed by atoms with Crippen LogP contribution in [-0.4, -0.2) is 24.3 Å². The molecule has 118 valence electrons. The SMILES string of the molecule is COC(=O)c1ccc(/C=N/Nc2oc(C(C)C)nc2C#N)cc1. The van der Waals surface area contributed by atoms with Gasteiger partial charge in [0.25, 0.3) is 5.88 Å². The molecule has 2 rings (SSSR count). The number of anilines is 1. The van der Waals surface area contributed by atoms with Crippen LogP contribution in [0, 0.1) is 11.3 Å². The van der Waals surface area contributed by atoms with E-state index < -0.39 is 5.97 Å². The Bertz CT molecular complexity index is 755. The number of ether oxygens (including phenoxy) is 1. The summed E-state index contributed by atoms with van der Waals surface area (Å²) in [5.41, 5.74) is 4.05. The Labute approximate surface area is 133 Å². The van der Waals surface area contributed by atoms with Gasteiger partial charge >= 0.3 is 5.97 Å². The van der Waals surface area contributed by atoms with Crippen molar-refractivity contribution >= 4 is 18.1 Å². The fourth-order valence-electron chi connectivity index (χ4n) is 1.72. The number of hydrazone groups is 1. The van der Waals surface area contributed by atoms with Gasteiger partial charge in [0.1, 0.15) is 6.07 Å². The molecule has 7 heteroatoms. The molecule has 0 bridgehead atoms. The lowest BCUT2D eigenvalue weighted by molar-refractivity contribution is 0.0600. The van der Waals surface area contributed by atoms with Crippen molar-refractivity contribution in [1.29, 1.82) is 5.26 Å². The van der Waals surface area contributed by atoms with Gasteiger partial charge in [-0.1, -0.05) is 26.0 Å². The number of nitrogens with one attached hydrogen (secondary N) is 1. The Morgan fingerprint density at radius 1 is 1.43 bits per heavy atom. The second-order valence-electron chi connectivity index (χ2n) is 4.98. The highest BCUT2D eigenvalue weighted by molar-refractivity contribution is 5.90. The zero-order valence-corrected chi connectivity index (χ0v) is 13.0. The van der Waals surface area contributed by atoms with Crippen molar-refractivity contribution in [3.05, 3.63) is 47.0 Å². The molecule has 0 unspecified atom stereocenters. The first-order valence-electron chi connectivity index (χ1n) is 6.93. The van der Waals surface area contributed by atoms with Crippen LogP contribution in [0.3, 0.4) is 0 Å². The summed E-state index contributed by atoms with van der Waals surface area (Å²) in [5.74, 6) is 0.362. The number of nitriles is 1. The molecule has 0 fully saturated rings. The maximum Gasteiger partial charge on any atom is 0.337 e. The molecule has 0 saturated carbocycles. The third kappa shape index (κ3) is 3.95. The molecule has 0 amide bonds. The lowest BCUT2D eigenvalue weighted by Gasteiger charge is -1.99. The summed E-state index contributed by atoms with van der Waals surface area (Å²) in [6.07, 6.45) is 1.54. The highest BCUT2D eigenvalue weighted by Gasteiger charge is 2.14. The van der Waals surface area contributed by atoms with Crippen molar-refractivity contribution in [2.45, 2.75) is 19.8 Å². The van der Waals surface area contributed by atoms with Crippen LogP contribution >= 0.6 is 0 Å². The van der Waals surface area contributed by atoms with Crippen molar-refractivity contribution < 1.29 is 13.9 Å². The number of benzene rings is 1. The summed E-state index contributed by atoms with van der Waals surface area (Å²) < 4.78 is 10.1. The normalized spacial score (nSPS) is 10.7. The topological polar surface area (TPSA) is 101 Å². The van der Waals surface area contributed by atoms with Crippen LogP contribution in [0.2, 0.25) is 0 Å². The van der Waals surface area contributed by atoms with Crippen LogP contribution < -0.4 is 5.43 Å². The third-order valence-corrected chi connectivity index (χ3v) is 2.96. The van der Waals surface area contributed by atoms with E-state index in [1.807, 2.05) is 19.9 Å². The average Bonchev–Trinajstić information content (AvgIpc) is 2.98.